The first-order chi connectivity index (χ1) is 9.00. The number of hydrogen-bond donors (Lipinski definition) is 0. The molecular weight excluding hydrogens is 301 g/mol. The molecule has 0 radical (unpaired) electrons. The zero-order chi connectivity index (χ0) is 14.0. The van der Waals surface area contributed by atoms with E-state index in [1.807, 2.05) is 38.1 Å². The summed E-state index contributed by atoms with van der Waals surface area (Å²) in [6.07, 6.45) is 1.50. The van der Waals surface area contributed by atoms with Gasteiger partial charge in [-0.05, 0) is 43.8 Å². The Labute approximate surface area is 126 Å². The van der Waals surface area contributed by atoms with Crippen LogP contribution in [0.4, 0.5) is 0 Å². The SMILES string of the molecule is Cc1ccc[n+]([O-])c1SC(C)c1c(Cl)cccc1Cl. The van der Waals surface area contributed by atoms with Gasteiger partial charge in [0.05, 0.1) is 0 Å². The Morgan fingerprint density at radius 3 is 2.37 bits per heavy atom. The van der Waals surface area contributed by atoms with E-state index in [0.717, 1.165) is 15.9 Å². The van der Waals surface area contributed by atoms with Gasteiger partial charge in [-0.2, -0.15) is 4.73 Å². The molecule has 0 aliphatic rings. The summed E-state index contributed by atoms with van der Waals surface area (Å²) in [7, 11) is 0. The third-order valence-electron chi connectivity index (χ3n) is 2.80. The van der Waals surface area contributed by atoms with Gasteiger partial charge in [0, 0.05) is 32.5 Å². The maximum absolute atomic E-state index is 11.8. The minimum Gasteiger partial charge on any atom is -0.618 e. The summed E-state index contributed by atoms with van der Waals surface area (Å²) >= 11 is 13.8. The Morgan fingerprint density at radius 2 is 1.79 bits per heavy atom. The minimum absolute atomic E-state index is 0.00231. The second kappa shape index (κ2) is 6.04. The molecule has 1 unspecified atom stereocenters. The van der Waals surface area contributed by atoms with Crippen molar-refractivity contribution in [3.63, 3.8) is 0 Å². The van der Waals surface area contributed by atoms with Crippen molar-refractivity contribution < 1.29 is 4.73 Å². The molecule has 2 rings (SSSR count). The molecule has 0 spiro atoms. The molecule has 0 fully saturated rings. The Hall–Kier alpha value is -0.900. The van der Waals surface area contributed by atoms with Crippen LogP contribution in [0.15, 0.2) is 41.6 Å². The number of halogens is 2. The summed E-state index contributed by atoms with van der Waals surface area (Å²) in [6.45, 7) is 3.90. The van der Waals surface area contributed by atoms with Crippen molar-refractivity contribution in [2.75, 3.05) is 0 Å². The van der Waals surface area contributed by atoms with Gasteiger partial charge < -0.3 is 5.21 Å². The number of rotatable bonds is 3. The number of thioether (sulfide) groups is 1. The van der Waals surface area contributed by atoms with E-state index in [0.29, 0.717) is 15.1 Å². The van der Waals surface area contributed by atoms with Gasteiger partial charge in [0.1, 0.15) is 0 Å². The van der Waals surface area contributed by atoms with E-state index in [1.165, 1.54) is 18.0 Å². The first kappa shape index (κ1) is 14.5. The minimum atomic E-state index is 0.00231. The summed E-state index contributed by atoms with van der Waals surface area (Å²) in [5.41, 5.74) is 1.80. The number of hydrogen-bond acceptors (Lipinski definition) is 2. The van der Waals surface area contributed by atoms with Crippen LogP contribution in [-0.4, -0.2) is 0 Å². The lowest BCUT2D eigenvalue weighted by Crippen LogP contribution is -2.29. The predicted molar refractivity (Wildman–Crippen MR) is 80.9 cm³/mol. The van der Waals surface area contributed by atoms with E-state index in [4.69, 9.17) is 23.2 Å². The van der Waals surface area contributed by atoms with Crippen molar-refractivity contribution in [3.8, 4) is 0 Å². The summed E-state index contributed by atoms with van der Waals surface area (Å²) in [6, 6.07) is 9.08. The molecule has 5 heteroatoms. The van der Waals surface area contributed by atoms with Crippen LogP contribution in [0, 0.1) is 12.1 Å². The van der Waals surface area contributed by atoms with E-state index < -0.39 is 0 Å². The average molecular weight is 314 g/mol. The number of nitrogens with zero attached hydrogens (tertiary/aromatic N) is 1. The molecule has 2 nitrogen and oxygen atoms in total. The molecule has 1 atom stereocenters. The van der Waals surface area contributed by atoms with Crippen molar-refractivity contribution in [3.05, 3.63) is 62.9 Å². The fourth-order valence-corrected chi connectivity index (χ4v) is 3.83. The standard InChI is InChI=1S/C14H13Cl2NOS/c1-9-5-4-8-17(18)14(9)19-10(2)13-11(15)6-3-7-12(13)16/h3-8,10H,1-2H3. The second-order valence-corrected chi connectivity index (χ2v) is 6.36. The predicted octanol–water partition coefficient (Wildman–Crippen LogP) is 4.79. The third kappa shape index (κ3) is 3.16. The molecule has 0 amide bonds. The van der Waals surface area contributed by atoms with Crippen molar-refractivity contribution >= 4 is 35.0 Å². The molecule has 0 saturated carbocycles. The topological polar surface area (TPSA) is 26.9 Å². The van der Waals surface area contributed by atoms with E-state index in [2.05, 4.69) is 0 Å². The monoisotopic (exact) mass is 313 g/mol. The molecule has 0 aliphatic carbocycles. The first-order valence-electron chi connectivity index (χ1n) is 5.80. The highest BCUT2D eigenvalue weighted by Crippen LogP contribution is 2.40. The smallest absolute Gasteiger partial charge is 0.254 e. The number of aromatic nitrogens is 1. The summed E-state index contributed by atoms with van der Waals surface area (Å²) in [5.74, 6) is 0. The van der Waals surface area contributed by atoms with Crippen molar-refractivity contribution in [1.29, 1.82) is 0 Å². The average Bonchev–Trinajstić information content (AvgIpc) is 2.34. The zero-order valence-electron chi connectivity index (χ0n) is 10.6. The van der Waals surface area contributed by atoms with Gasteiger partial charge in [0.15, 0.2) is 6.20 Å². The van der Waals surface area contributed by atoms with Crippen molar-refractivity contribution in [2.24, 2.45) is 0 Å². The number of pyridine rings is 1. The van der Waals surface area contributed by atoms with Gasteiger partial charge in [-0.15, -0.1) is 0 Å². The quantitative estimate of drug-likeness (QED) is 0.463. The van der Waals surface area contributed by atoms with Crippen LogP contribution >= 0.6 is 35.0 Å². The highest BCUT2D eigenvalue weighted by Gasteiger charge is 2.20. The van der Waals surface area contributed by atoms with Gasteiger partial charge in [0.2, 0.25) is 0 Å². The molecule has 100 valence electrons. The fourth-order valence-electron chi connectivity index (χ4n) is 1.85. The number of aryl methyl sites for hydroxylation is 1. The Morgan fingerprint density at radius 1 is 1.16 bits per heavy atom. The van der Waals surface area contributed by atoms with Crippen molar-refractivity contribution in [1.82, 2.24) is 0 Å². The molecule has 2 aromatic rings. The van der Waals surface area contributed by atoms with E-state index in [9.17, 15) is 5.21 Å². The number of benzene rings is 1. The van der Waals surface area contributed by atoms with Crippen LogP contribution in [0.25, 0.3) is 0 Å². The highest BCUT2D eigenvalue weighted by atomic mass is 35.5. The van der Waals surface area contributed by atoms with Crippen LogP contribution in [0.5, 0.6) is 0 Å². The van der Waals surface area contributed by atoms with E-state index >= 15 is 0 Å². The molecule has 19 heavy (non-hydrogen) atoms. The lowest BCUT2D eigenvalue weighted by Gasteiger charge is -2.15. The maximum atomic E-state index is 11.8. The van der Waals surface area contributed by atoms with Gasteiger partial charge in [-0.3, -0.25) is 0 Å². The first-order valence-corrected chi connectivity index (χ1v) is 7.43. The normalized spacial score (nSPS) is 12.4. The Bertz CT molecular complexity index is 563. The van der Waals surface area contributed by atoms with Crippen LogP contribution in [0.1, 0.15) is 23.3 Å². The molecule has 0 N–H and O–H groups in total. The lowest BCUT2D eigenvalue weighted by atomic mass is 10.2. The van der Waals surface area contributed by atoms with Gasteiger partial charge in [0.25, 0.3) is 5.03 Å². The summed E-state index contributed by atoms with van der Waals surface area (Å²) in [5, 5.41) is 13.7. The molecule has 1 aromatic carbocycles. The molecule has 0 aliphatic heterocycles. The maximum Gasteiger partial charge on any atom is 0.254 e. The summed E-state index contributed by atoms with van der Waals surface area (Å²) in [4.78, 5) is 0. The van der Waals surface area contributed by atoms with Crippen LogP contribution in [0.3, 0.4) is 0 Å². The van der Waals surface area contributed by atoms with Crippen LogP contribution < -0.4 is 4.73 Å². The Kier molecular flexibility index (Phi) is 4.61. The zero-order valence-corrected chi connectivity index (χ0v) is 12.9. The fraction of sp³-hybridized carbons (Fsp3) is 0.214. The molecule has 1 heterocycles. The van der Waals surface area contributed by atoms with E-state index in [1.54, 1.807) is 6.07 Å². The van der Waals surface area contributed by atoms with Crippen LogP contribution in [-0.2, 0) is 0 Å². The molecule has 1 aromatic heterocycles. The highest BCUT2D eigenvalue weighted by molar-refractivity contribution is 7.99. The van der Waals surface area contributed by atoms with Gasteiger partial charge in [-0.1, -0.05) is 29.3 Å². The molecule has 0 saturated heterocycles. The molecule has 0 bridgehead atoms. The largest absolute Gasteiger partial charge is 0.618 e. The van der Waals surface area contributed by atoms with Crippen LogP contribution in [0.2, 0.25) is 10.0 Å². The Balaban J connectivity index is 2.34. The summed E-state index contributed by atoms with van der Waals surface area (Å²) < 4.78 is 0.876. The lowest BCUT2D eigenvalue weighted by molar-refractivity contribution is -0.646. The van der Waals surface area contributed by atoms with Gasteiger partial charge >= 0.3 is 0 Å². The third-order valence-corrected chi connectivity index (χ3v) is 4.77. The second-order valence-electron chi connectivity index (χ2n) is 4.22. The van der Waals surface area contributed by atoms with Crippen molar-refractivity contribution in [2.45, 2.75) is 24.1 Å². The molecular formula is C14H13Cl2NOS. The van der Waals surface area contributed by atoms with Gasteiger partial charge in [-0.25, -0.2) is 0 Å². The van der Waals surface area contributed by atoms with E-state index in [-0.39, 0.29) is 5.25 Å².